The fourth-order valence-corrected chi connectivity index (χ4v) is 4.16. The van der Waals surface area contributed by atoms with Crippen LogP contribution in [0.5, 0.6) is 0 Å². The average molecular weight is 462 g/mol. The summed E-state index contributed by atoms with van der Waals surface area (Å²) in [5.41, 5.74) is 3.93. The quantitative estimate of drug-likeness (QED) is 0.490. The Morgan fingerprint density at radius 3 is 1.65 bits per heavy atom. The zero-order chi connectivity index (χ0) is 24.2. The van der Waals surface area contributed by atoms with E-state index in [0.717, 1.165) is 26.2 Å². The molecule has 0 bridgehead atoms. The summed E-state index contributed by atoms with van der Waals surface area (Å²) in [4.78, 5) is 20.7. The van der Waals surface area contributed by atoms with Crippen molar-refractivity contribution in [1.82, 2.24) is 4.90 Å². The smallest absolute Gasteiger partial charge is 0.414 e. The largest absolute Gasteiger partial charge is 0.473 e. The Hall–Kier alpha value is -3.48. The van der Waals surface area contributed by atoms with E-state index in [1.807, 2.05) is 0 Å². The van der Waals surface area contributed by atoms with Crippen LogP contribution < -0.4 is 0 Å². The van der Waals surface area contributed by atoms with Gasteiger partial charge in [-0.05, 0) is 48.5 Å². The highest BCUT2D eigenvalue weighted by Gasteiger charge is 2.21. The van der Waals surface area contributed by atoms with Crippen molar-refractivity contribution in [1.29, 1.82) is 0 Å². The van der Waals surface area contributed by atoms with E-state index < -0.39 is 11.9 Å². The van der Waals surface area contributed by atoms with Gasteiger partial charge >= 0.3 is 11.9 Å². The molecule has 178 valence electrons. The topological polar surface area (TPSA) is 87.1 Å². The minimum atomic E-state index is -1.82. The number of carbonyl (C=O) groups is 2. The summed E-state index contributed by atoms with van der Waals surface area (Å²) in [6, 6.07) is 32.0. The van der Waals surface area contributed by atoms with Crippen LogP contribution in [0.15, 0.2) is 91.0 Å². The van der Waals surface area contributed by atoms with Crippen LogP contribution in [0.4, 0.5) is 0 Å². The molecule has 0 saturated carbocycles. The molecule has 6 nitrogen and oxygen atoms in total. The third-order valence-electron chi connectivity index (χ3n) is 5.94. The lowest BCUT2D eigenvalue weighted by Gasteiger charge is -2.32. The molecule has 3 aromatic carbocycles. The second-order valence-corrected chi connectivity index (χ2v) is 8.21. The fraction of sp³-hybridized carbons (Fsp3) is 0.286. The number of likely N-dealkylation sites (tertiary alicyclic amines) is 1. The maximum Gasteiger partial charge on any atom is 0.414 e. The van der Waals surface area contributed by atoms with E-state index in [0.29, 0.717) is 5.92 Å². The lowest BCUT2D eigenvalue weighted by Crippen LogP contribution is -2.35. The molecule has 0 amide bonds. The van der Waals surface area contributed by atoms with Crippen LogP contribution in [0.1, 0.15) is 41.6 Å². The van der Waals surface area contributed by atoms with Crippen molar-refractivity contribution in [3.63, 3.8) is 0 Å². The Bertz CT molecular complexity index is 951. The fourth-order valence-electron chi connectivity index (χ4n) is 4.16. The molecule has 0 unspecified atom stereocenters. The first-order chi connectivity index (χ1) is 16.5. The van der Waals surface area contributed by atoms with Gasteiger partial charge in [0.25, 0.3) is 0 Å². The Morgan fingerprint density at radius 2 is 1.21 bits per heavy atom. The minimum Gasteiger partial charge on any atom is -0.473 e. The molecule has 4 rings (SSSR count). The van der Waals surface area contributed by atoms with Gasteiger partial charge in [0.1, 0.15) is 6.10 Å². The number of rotatable bonds is 7. The zero-order valence-electron chi connectivity index (χ0n) is 19.1. The van der Waals surface area contributed by atoms with Crippen LogP contribution >= 0.6 is 0 Å². The summed E-state index contributed by atoms with van der Waals surface area (Å²) in [6.45, 7) is 4.07. The van der Waals surface area contributed by atoms with Crippen LogP contribution in [0.2, 0.25) is 0 Å². The predicted molar refractivity (Wildman–Crippen MR) is 131 cm³/mol. The van der Waals surface area contributed by atoms with Crippen molar-refractivity contribution in [2.45, 2.75) is 24.9 Å². The molecule has 0 radical (unpaired) electrons. The van der Waals surface area contributed by atoms with E-state index >= 15 is 0 Å². The number of carboxylic acid groups (broad SMARTS) is 2. The Balaban J connectivity index is 0.000000481. The molecule has 0 aliphatic carbocycles. The number of benzene rings is 3. The lowest BCUT2D eigenvalue weighted by molar-refractivity contribution is -0.159. The monoisotopic (exact) mass is 461 g/mol. The first-order valence-corrected chi connectivity index (χ1v) is 11.5. The Labute approximate surface area is 200 Å². The second-order valence-electron chi connectivity index (χ2n) is 8.21. The summed E-state index contributed by atoms with van der Waals surface area (Å²) >= 11 is 0. The molecule has 0 aromatic heterocycles. The molecule has 1 fully saturated rings. The lowest BCUT2D eigenvalue weighted by atomic mass is 9.89. The standard InChI is InChI=1S/C26H29NO.C2H2O4/c1-4-10-22(11-5-1)23-16-18-27(19-17-23)20-21-28-26(24-12-6-2-7-13-24)25-14-8-3-9-15-25;3-1(4)2(5)6/h1-15,23,26H,16-21H2;(H,3,4)(H,5,6). The van der Waals surface area contributed by atoms with Crippen LogP contribution in [-0.2, 0) is 14.3 Å². The first kappa shape index (κ1) is 25.1. The van der Waals surface area contributed by atoms with Gasteiger partial charge in [0, 0.05) is 6.54 Å². The SMILES string of the molecule is O=C(O)C(=O)O.c1ccc(C2CCN(CCOC(c3ccccc3)c3ccccc3)CC2)cc1. The van der Waals surface area contributed by atoms with E-state index in [-0.39, 0.29) is 6.10 Å². The molecule has 1 saturated heterocycles. The summed E-state index contributed by atoms with van der Waals surface area (Å²) in [5, 5.41) is 14.8. The van der Waals surface area contributed by atoms with Crippen molar-refractivity contribution in [3.8, 4) is 0 Å². The number of ether oxygens (including phenoxy) is 1. The van der Waals surface area contributed by atoms with Gasteiger partial charge in [-0.2, -0.15) is 0 Å². The van der Waals surface area contributed by atoms with E-state index in [9.17, 15) is 0 Å². The number of hydrogen-bond acceptors (Lipinski definition) is 4. The van der Waals surface area contributed by atoms with Crippen molar-refractivity contribution in [2.24, 2.45) is 0 Å². The van der Waals surface area contributed by atoms with Crippen LogP contribution in [-0.4, -0.2) is 53.3 Å². The normalized spacial score (nSPS) is 14.3. The summed E-state index contributed by atoms with van der Waals surface area (Å²) in [5.74, 6) is -2.94. The van der Waals surface area contributed by atoms with Crippen LogP contribution in [0, 0.1) is 0 Å². The molecule has 2 N–H and O–H groups in total. The maximum absolute atomic E-state index is 9.10. The van der Waals surface area contributed by atoms with Crippen LogP contribution in [0.25, 0.3) is 0 Å². The van der Waals surface area contributed by atoms with Gasteiger partial charge in [-0.1, -0.05) is 91.0 Å². The van der Waals surface area contributed by atoms with Crippen molar-refractivity contribution in [2.75, 3.05) is 26.2 Å². The third-order valence-corrected chi connectivity index (χ3v) is 5.94. The average Bonchev–Trinajstić information content (AvgIpc) is 2.89. The highest BCUT2D eigenvalue weighted by Crippen LogP contribution is 2.28. The Morgan fingerprint density at radius 1 is 0.765 bits per heavy atom. The van der Waals surface area contributed by atoms with E-state index in [1.165, 1.54) is 29.5 Å². The van der Waals surface area contributed by atoms with Crippen LogP contribution in [0.3, 0.4) is 0 Å². The molecule has 0 spiro atoms. The molecule has 34 heavy (non-hydrogen) atoms. The van der Waals surface area contributed by atoms with E-state index in [2.05, 4.69) is 95.9 Å². The van der Waals surface area contributed by atoms with Crippen molar-refractivity contribution >= 4 is 11.9 Å². The van der Waals surface area contributed by atoms with Gasteiger partial charge in [-0.25, -0.2) is 9.59 Å². The van der Waals surface area contributed by atoms with Crippen molar-refractivity contribution in [3.05, 3.63) is 108 Å². The number of aliphatic carboxylic acids is 2. The molecule has 6 heteroatoms. The minimum absolute atomic E-state index is 0.00394. The summed E-state index contributed by atoms with van der Waals surface area (Å²) in [6.07, 6.45) is 2.49. The molecule has 0 atom stereocenters. The molecular weight excluding hydrogens is 430 g/mol. The molecular formula is C28H31NO5. The first-order valence-electron chi connectivity index (χ1n) is 11.5. The Kier molecular flexibility index (Phi) is 9.82. The molecule has 1 aliphatic rings. The highest BCUT2D eigenvalue weighted by atomic mass is 16.5. The highest BCUT2D eigenvalue weighted by molar-refractivity contribution is 6.27. The summed E-state index contributed by atoms with van der Waals surface area (Å²) in [7, 11) is 0. The molecule has 1 heterocycles. The maximum atomic E-state index is 9.10. The number of piperidine rings is 1. The second kappa shape index (κ2) is 13.3. The van der Waals surface area contributed by atoms with E-state index in [1.54, 1.807) is 0 Å². The number of carboxylic acids is 2. The van der Waals surface area contributed by atoms with Gasteiger partial charge in [0.15, 0.2) is 0 Å². The predicted octanol–water partition coefficient (Wildman–Crippen LogP) is 4.83. The van der Waals surface area contributed by atoms with E-state index in [4.69, 9.17) is 24.5 Å². The molecule has 3 aromatic rings. The van der Waals surface area contributed by atoms with Gasteiger partial charge < -0.3 is 19.8 Å². The van der Waals surface area contributed by atoms with Gasteiger partial charge in [-0.3, -0.25) is 0 Å². The number of hydrogen-bond donors (Lipinski definition) is 2. The third kappa shape index (κ3) is 7.83. The zero-order valence-corrected chi connectivity index (χ0v) is 19.1. The molecule has 1 aliphatic heterocycles. The number of nitrogens with zero attached hydrogens (tertiary/aromatic N) is 1. The summed E-state index contributed by atoms with van der Waals surface area (Å²) < 4.78 is 6.39. The van der Waals surface area contributed by atoms with Gasteiger partial charge in [0.05, 0.1) is 6.61 Å². The van der Waals surface area contributed by atoms with Gasteiger partial charge in [-0.15, -0.1) is 0 Å². The van der Waals surface area contributed by atoms with Crippen molar-refractivity contribution < 1.29 is 24.5 Å². The van der Waals surface area contributed by atoms with Gasteiger partial charge in [0.2, 0.25) is 0 Å².